The van der Waals surface area contributed by atoms with Crippen molar-refractivity contribution in [3.05, 3.63) is 66.9 Å². The zero-order valence-corrected chi connectivity index (χ0v) is 13.4. The van der Waals surface area contributed by atoms with Crippen molar-refractivity contribution in [3.8, 4) is 11.5 Å². The first-order valence-electron chi connectivity index (χ1n) is 8.00. The second-order valence-electron chi connectivity index (χ2n) is 5.63. The Kier molecular flexibility index (Phi) is 4.12. The average Bonchev–Trinajstić information content (AvgIpc) is 3.36. The fourth-order valence-corrected chi connectivity index (χ4v) is 2.73. The van der Waals surface area contributed by atoms with Crippen LogP contribution >= 0.6 is 0 Å². The van der Waals surface area contributed by atoms with Crippen molar-refractivity contribution in [1.82, 2.24) is 15.1 Å². The van der Waals surface area contributed by atoms with Gasteiger partial charge in [0.2, 0.25) is 6.10 Å². The Balaban J connectivity index is 1.42. The van der Waals surface area contributed by atoms with Crippen LogP contribution in [0.2, 0.25) is 0 Å². The molecule has 25 heavy (non-hydrogen) atoms. The van der Waals surface area contributed by atoms with E-state index in [0.29, 0.717) is 18.0 Å². The van der Waals surface area contributed by atoms with E-state index in [4.69, 9.17) is 13.9 Å². The molecule has 7 nitrogen and oxygen atoms in total. The minimum absolute atomic E-state index is 0.177. The molecule has 0 aliphatic carbocycles. The topological polar surface area (TPSA) is 78.5 Å². The summed E-state index contributed by atoms with van der Waals surface area (Å²) in [7, 11) is 0. The SMILES string of the molecule is O=C(NC[C@@H](c1ccco1)n1cccn1)[C@@H]1COc2ccccc2O1. The normalized spacial score (nSPS) is 17.0. The second-order valence-corrected chi connectivity index (χ2v) is 5.63. The van der Waals surface area contributed by atoms with Crippen LogP contribution in [0.5, 0.6) is 11.5 Å². The highest BCUT2D eigenvalue weighted by Gasteiger charge is 2.28. The summed E-state index contributed by atoms with van der Waals surface area (Å²) >= 11 is 0. The Labute approximate surface area is 144 Å². The molecule has 3 aromatic rings. The van der Waals surface area contributed by atoms with Crippen molar-refractivity contribution in [2.24, 2.45) is 0 Å². The summed E-state index contributed by atoms with van der Waals surface area (Å²) in [6, 6.07) is 12.6. The number of aromatic nitrogens is 2. The molecule has 1 aliphatic rings. The van der Waals surface area contributed by atoms with E-state index >= 15 is 0 Å². The van der Waals surface area contributed by atoms with E-state index in [1.54, 1.807) is 23.2 Å². The Morgan fingerprint density at radius 1 is 1.24 bits per heavy atom. The number of carbonyl (C=O) groups excluding carboxylic acids is 1. The van der Waals surface area contributed by atoms with Gasteiger partial charge in [0.25, 0.3) is 5.91 Å². The molecule has 0 spiro atoms. The number of nitrogens with zero attached hydrogens (tertiary/aromatic N) is 2. The van der Waals surface area contributed by atoms with E-state index in [1.165, 1.54) is 0 Å². The van der Waals surface area contributed by atoms with Gasteiger partial charge in [-0.05, 0) is 30.3 Å². The first kappa shape index (κ1) is 15.3. The van der Waals surface area contributed by atoms with Gasteiger partial charge in [-0.25, -0.2) is 0 Å². The standard InChI is InChI=1S/C18H17N3O4/c22-18(17-12-24-15-5-1-2-6-16(15)25-17)19-11-13(14-7-3-10-23-14)21-9-4-8-20-21/h1-10,13,17H,11-12H2,(H,19,22)/t13-,17-/m0/s1. The van der Waals surface area contributed by atoms with Crippen LogP contribution < -0.4 is 14.8 Å². The highest BCUT2D eigenvalue weighted by atomic mass is 16.6. The fourth-order valence-electron chi connectivity index (χ4n) is 2.73. The Bertz CT molecular complexity index is 796. The third-order valence-corrected chi connectivity index (χ3v) is 3.99. The molecule has 128 valence electrons. The minimum atomic E-state index is -0.690. The predicted octanol–water partition coefficient (Wildman–Crippen LogP) is 2.02. The van der Waals surface area contributed by atoms with E-state index in [2.05, 4.69) is 10.4 Å². The first-order chi connectivity index (χ1) is 12.3. The monoisotopic (exact) mass is 339 g/mol. The third-order valence-electron chi connectivity index (χ3n) is 3.99. The third kappa shape index (κ3) is 3.21. The molecule has 1 amide bonds. The summed E-state index contributed by atoms with van der Waals surface area (Å²) in [5, 5.41) is 7.14. The number of amides is 1. The number of hydrogen-bond donors (Lipinski definition) is 1. The van der Waals surface area contributed by atoms with Gasteiger partial charge in [-0.1, -0.05) is 12.1 Å². The summed E-state index contributed by atoms with van der Waals surface area (Å²) < 4.78 is 18.5. The lowest BCUT2D eigenvalue weighted by Gasteiger charge is -2.26. The van der Waals surface area contributed by atoms with Crippen molar-refractivity contribution in [2.75, 3.05) is 13.2 Å². The van der Waals surface area contributed by atoms with Crippen LogP contribution in [-0.4, -0.2) is 34.9 Å². The van der Waals surface area contributed by atoms with Gasteiger partial charge in [0.05, 0.1) is 6.26 Å². The van der Waals surface area contributed by atoms with Crippen LogP contribution in [0.4, 0.5) is 0 Å². The molecule has 1 aliphatic heterocycles. The lowest BCUT2D eigenvalue weighted by atomic mass is 10.2. The maximum Gasteiger partial charge on any atom is 0.264 e. The largest absolute Gasteiger partial charge is 0.485 e. The number of rotatable bonds is 5. The summed E-state index contributed by atoms with van der Waals surface area (Å²) in [5.74, 6) is 1.70. The van der Waals surface area contributed by atoms with Gasteiger partial charge < -0.3 is 19.2 Å². The van der Waals surface area contributed by atoms with Crippen molar-refractivity contribution in [2.45, 2.75) is 12.1 Å². The van der Waals surface area contributed by atoms with Crippen LogP contribution in [0, 0.1) is 0 Å². The van der Waals surface area contributed by atoms with Gasteiger partial charge in [0.1, 0.15) is 18.4 Å². The highest BCUT2D eigenvalue weighted by Crippen LogP contribution is 2.30. The van der Waals surface area contributed by atoms with Crippen LogP contribution in [0.1, 0.15) is 11.8 Å². The van der Waals surface area contributed by atoms with E-state index in [-0.39, 0.29) is 18.6 Å². The number of benzene rings is 1. The van der Waals surface area contributed by atoms with E-state index in [1.807, 2.05) is 42.6 Å². The molecule has 0 saturated heterocycles. The maximum absolute atomic E-state index is 12.5. The molecule has 0 bridgehead atoms. The molecule has 2 atom stereocenters. The van der Waals surface area contributed by atoms with Gasteiger partial charge >= 0.3 is 0 Å². The van der Waals surface area contributed by atoms with Gasteiger partial charge in [0.15, 0.2) is 11.5 Å². The zero-order chi connectivity index (χ0) is 17.1. The summed E-state index contributed by atoms with van der Waals surface area (Å²) in [5.41, 5.74) is 0. The Hall–Kier alpha value is -3.22. The van der Waals surface area contributed by atoms with Crippen molar-refractivity contribution < 1.29 is 18.7 Å². The molecule has 0 radical (unpaired) electrons. The zero-order valence-electron chi connectivity index (χ0n) is 13.4. The Morgan fingerprint density at radius 3 is 2.88 bits per heavy atom. The van der Waals surface area contributed by atoms with Crippen LogP contribution in [0.25, 0.3) is 0 Å². The summed E-state index contributed by atoms with van der Waals surface area (Å²) in [6.07, 6.45) is 4.43. The van der Waals surface area contributed by atoms with Crippen molar-refractivity contribution >= 4 is 5.91 Å². The molecule has 4 rings (SSSR count). The summed E-state index contributed by atoms with van der Waals surface area (Å²) in [4.78, 5) is 12.5. The fraction of sp³-hybridized carbons (Fsp3) is 0.222. The number of carbonyl (C=O) groups is 1. The quantitative estimate of drug-likeness (QED) is 0.769. The first-order valence-corrected chi connectivity index (χ1v) is 8.00. The predicted molar refractivity (Wildman–Crippen MR) is 88.4 cm³/mol. The number of nitrogens with one attached hydrogen (secondary N) is 1. The molecule has 0 saturated carbocycles. The molecule has 0 fully saturated rings. The average molecular weight is 339 g/mol. The molecule has 3 heterocycles. The van der Waals surface area contributed by atoms with Crippen molar-refractivity contribution in [1.29, 1.82) is 0 Å². The van der Waals surface area contributed by atoms with Gasteiger partial charge in [-0.15, -0.1) is 0 Å². The van der Waals surface area contributed by atoms with E-state index < -0.39 is 6.10 Å². The summed E-state index contributed by atoms with van der Waals surface area (Å²) in [6.45, 7) is 0.506. The van der Waals surface area contributed by atoms with Crippen LogP contribution in [0.15, 0.2) is 65.5 Å². The number of para-hydroxylation sites is 2. The molecule has 2 aromatic heterocycles. The number of hydrogen-bond acceptors (Lipinski definition) is 5. The molecule has 7 heteroatoms. The van der Waals surface area contributed by atoms with E-state index in [0.717, 1.165) is 5.76 Å². The van der Waals surface area contributed by atoms with Crippen LogP contribution in [-0.2, 0) is 4.79 Å². The molecule has 0 unspecified atom stereocenters. The van der Waals surface area contributed by atoms with E-state index in [9.17, 15) is 4.79 Å². The number of furan rings is 1. The lowest BCUT2D eigenvalue weighted by Crippen LogP contribution is -2.45. The highest BCUT2D eigenvalue weighted by molar-refractivity contribution is 5.81. The lowest BCUT2D eigenvalue weighted by molar-refractivity contribution is -0.130. The minimum Gasteiger partial charge on any atom is -0.485 e. The van der Waals surface area contributed by atoms with Crippen molar-refractivity contribution in [3.63, 3.8) is 0 Å². The Morgan fingerprint density at radius 2 is 2.12 bits per heavy atom. The molecular weight excluding hydrogens is 322 g/mol. The smallest absolute Gasteiger partial charge is 0.264 e. The van der Waals surface area contributed by atoms with Gasteiger partial charge in [0, 0.05) is 18.9 Å². The second kappa shape index (κ2) is 6.72. The maximum atomic E-state index is 12.5. The van der Waals surface area contributed by atoms with Gasteiger partial charge in [-0.2, -0.15) is 5.10 Å². The number of fused-ring (bicyclic) bond motifs is 1. The number of ether oxygens (including phenoxy) is 2. The molecule has 1 aromatic carbocycles. The van der Waals surface area contributed by atoms with Crippen LogP contribution in [0.3, 0.4) is 0 Å². The van der Waals surface area contributed by atoms with Gasteiger partial charge in [-0.3, -0.25) is 9.48 Å². The molecular formula is C18H17N3O4. The molecule has 1 N–H and O–H groups in total.